The van der Waals surface area contributed by atoms with E-state index in [2.05, 4.69) is 5.10 Å². The summed E-state index contributed by atoms with van der Waals surface area (Å²) < 4.78 is 16.2. The predicted octanol–water partition coefficient (Wildman–Crippen LogP) is 3.92. The van der Waals surface area contributed by atoms with Crippen molar-refractivity contribution in [3.63, 3.8) is 0 Å². The number of nitrogens with zero attached hydrogens (tertiary/aromatic N) is 3. The van der Waals surface area contributed by atoms with Gasteiger partial charge in [-0.15, -0.1) is 0 Å². The Labute approximate surface area is 163 Å². The van der Waals surface area contributed by atoms with Gasteiger partial charge in [0.2, 0.25) is 0 Å². The maximum atomic E-state index is 13.2. The number of rotatable bonds is 5. The molecule has 1 aromatic carbocycles. The number of hydrogen-bond donors (Lipinski definition) is 1. The Morgan fingerprint density at radius 2 is 2.00 bits per heavy atom. The van der Waals surface area contributed by atoms with Gasteiger partial charge in [0.15, 0.2) is 11.2 Å². The number of carbonyl (C=O) groups is 1. The molecule has 0 atom stereocenters. The topological polar surface area (TPSA) is 77.1 Å². The van der Waals surface area contributed by atoms with E-state index < -0.39 is 17.2 Å². The Morgan fingerprint density at radius 1 is 1.26 bits per heavy atom. The molecule has 0 unspecified atom stereocenters. The lowest BCUT2D eigenvalue weighted by Gasteiger charge is -2.20. The van der Waals surface area contributed by atoms with E-state index in [9.17, 15) is 19.1 Å². The van der Waals surface area contributed by atoms with Crippen LogP contribution >= 0.6 is 23.2 Å². The first kappa shape index (κ1) is 19.1. The second-order valence-corrected chi connectivity index (χ2v) is 6.57. The summed E-state index contributed by atoms with van der Waals surface area (Å²) in [5.74, 6) is -1.85. The fourth-order valence-electron chi connectivity index (χ4n) is 2.93. The highest BCUT2D eigenvalue weighted by atomic mass is 35.5. The molecule has 0 amide bonds. The number of aromatic carboxylic acids is 1. The molecule has 0 saturated carbocycles. The fourth-order valence-corrected chi connectivity index (χ4v) is 3.23. The molecule has 3 aromatic rings. The van der Waals surface area contributed by atoms with Crippen LogP contribution in [0.3, 0.4) is 0 Å². The van der Waals surface area contributed by atoms with Crippen molar-refractivity contribution in [1.29, 1.82) is 0 Å². The number of carboxylic acid groups (broad SMARTS) is 1. The Hall–Kier alpha value is -2.64. The number of hydrogen-bond acceptors (Lipinski definition) is 3. The van der Waals surface area contributed by atoms with Gasteiger partial charge in [-0.1, -0.05) is 29.3 Å². The van der Waals surface area contributed by atoms with Gasteiger partial charge in [-0.05, 0) is 19.1 Å². The molecule has 0 aliphatic rings. The van der Waals surface area contributed by atoms with Gasteiger partial charge < -0.3 is 9.67 Å². The maximum Gasteiger partial charge on any atom is 0.341 e. The van der Waals surface area contributed by atoms with E-state index >= 15 is 0 Å². The summed E-state index contributed by atoms with van der Waals surface area (Å²) in [6, 6.07) is 5.87. The highest BCUT2D eigenvalue weighted by molar-refractivity contribution is 6.42. The molecule has 0 saturated heterocycles. The zero-order chi connectivity index (χ0) is 19.7. The van der Waals surface area contributed by atoms with Crippen LogP contribution < -0.4 is 5.43 Å². The molecule has 0 spiro atoms. The van der Waals surface area contributed by atoms with Crippen LogP contribution in [-0.4, -0.2) is 25.4 Å². The van der Waals surface area contributed by atoms with Crippen LogP contribution in [0, 0.1) is 5.82 Å². The number of carboxylic acids is 1. The molecule has 6 nitrogen and oxygen atoms in total. The third kappa shape index (κ3) is 3.74. The molecule has 140 valence electrons. The summed E-state index contributed by atoms with van der Waals surface area (Å²) in [4.78, 5) is 24.3. The third-order valence-electron chi connectivity index (χ3n) is 4.05. The maximum absolute atomic E-state index is 13.2. The molecule has 0 aliphatic heterocycles. The zero-order valence-electron chi connectivity index (χ0n) is 14.1. The molecule has 3 rings (SSSR count). The number of pyridine rings is 1. The monoisotopic (exact) mass is 409 g/mol. The molecular weight excluding hydrogens is 396 g/mol. The largest absolute Gasteiger partial charge is 0.477 e. The fraction of sp³-hybridized carbons (Fsp3) is 0.167. The summed E-state index contributed by atoms with van der Waals surface area (Å²) in [5.41, 5.74) is 0.103. The first-order valence-corrected chi connectivity index (χ1v) is 8.70. The first-order chi connectivity index (χ1) is 12.8. The summed E-state index contributed by atoms with van der Waals surface area (Å²) in [7, 11) is 0. The number of aromatic nitrogens is 3. The van der Waals surface area contributed by atoms with Crippen LogP contribution in [0.15, 0.2) is 41.5 Å². The van der Waals surface area contributed by atoms with Gasteiger partial charge in [0.05, 0.1) is 34.7 Å². The molecule has 1 N–H and O–H groups in total. The van der Waals surface area contributed by atoms with Crippen molar-refractivity contribution in [2.75, 3.05) is 0 Å². The van der Waals surface area contributed by atoms with Crippen molar-refractivity contribution in [2.24, 2.45) is 0 Å². The van der Waals surface area contributed by atoms with Crippen LogP contribution in [0.4, 0.5) is 4.39 Å². The van der Waals surface area contributed by atoms with E-state index in [-0.39, 0.29) is 22.8 Å². The van der Waals surface area contributed by atoms with Gasteiger partial charge in [-0.2, -0.15) is 5.10 Å². The average Bonchev–Trinajstić information content (AvgIpc) is 3.01. The Kier molecular flexibility index (Phi) is 5.34. The molecule has 0 aliphatic carbocycles. The minimum atomic E-state index is -1.35. The molecule has 2 aromatic heterocycles. The first-order valence-electron chi connectivity index (χ1n) is 7.95. The highest BCUT2D eigenvalue weighted by Gasteiger charge is 2.22. The zero-order valence-corrected chi connectivity index (χ0v) is 15.6. The minimum absolute atomic E-state index is 0.0984. The van der Waals surface area contributed by atoms with Crippen LogP contribution in [-0.2, 0) is 13.1 Å². The molecule has 0 bridgehead atoms. The summed E-state index contributed by atoms with van der Waals surface area (Å²) in [5, 5.41) is 14.0. The second kappa shape index (κ2) is 7.54. The van der Waals surface area contributed by atoms with Crippen molar-refractivity contribution >= 4 is 29.2 Å². The smallest absolute Gasteiger partial charge is 0.341 e. The van der Waals surface area contributed by atoms with E-state index in [0.717, 1.165) is 6.20 Å². The number of halogens is 3. The molecule has 0 fully saturated rings. The second-order valence-electron chi connectivity index (χ2n) is 5.76. The van der Waals surface area contributed by atoms with Crippen molar-refractivity contribution < 1.29 is 14.3 Å². The van der Waals surface area contributed by atoms with E-state index in [1.54, 1.807) is 10.6 Å². The predicted molar refractivity (Wildman–Crippen MR) is 100 cm³/mol. The van der Waals surface area contributed by atoms with Crippen molar-refractivity contribution in [3.8, 4) is 11.3 Å². The van der Waals surface area contributed by atoms with Crippen molar-refractivity contribution in [1.82, 2.24) is 14.3 Å². The molecule has 0 radical (unpaired) electrons. The van der Waals surface area contributed by atoms with Gasteiger partial charge in [-0.25, -0.2) is 9.18 Å². The lowest BCUT2D eigenvalue weighted by molar-refractivity contribution is 0.0695. The SMILES string of the molecule is CCn1c(Cn2cc(F)cn2)cc(=O)c(C(=O)O)c1-c1ccc(Cl)c(Cl)c1. The summed E-state index contributed by atoms with van der Waals surface area (Å²) in [6.07, 6.45) is 2.24. The summed E-state index contributed by atoms with van der Waals surface area (Å²) >= 11 is 12.0. The van der Waals surface area contributed by atoms with Gasteiger partial charge in [-0.3, -0.25) is 9.48 Å². The minimum Gasteiger partial charge on any atom is -0.477 e. The standard InChI is InChI=1S/C18H14Cl2FN3O3/c1-2-24-12(9-23-8-11(21)7-22-23)6-15(25)16(18(26)27)17(24)10-3-4-13(19)14(20)5-10/h3-8H,2,9H2,1H3,(H,26,27). The third-order valence-corrected chi connectivity index (χ3v) is 4.79. The quantitative estimate of drug-likeness (QED) is 0.692. The van der Waals surface area contributed by atoms with Gasteiger partial charge >= 0.3 is 5.97 Å². The molecular formula is C18H14Cl2FN3O3. The van der Waals surface area contributed by atoms with Crippen LogP contribution in [0.2, 0.25) is 10.0 Å². The summed E-state index contributed by atoms with van der Waals surface area (Å²) in [6.45, 7) is 2.28. The van der Waals surface area contributed by atoms with E-state index in [1.165, 1.54) is 29.1 Å². The van der Waals surface area contributed by atoms with Crippen LogP contribution in [0.25, 0.3) is 11.3 Å². The normalized spacial score (nSPS) is 11.0. The van der Waals surface area contributed by atoms with Crippen molar-refractivity contribution in [2.45, 2.75) is 20.0 Å². The Balaban J connectivity index is 2.29. The van der Waals surface area contributed by atoms with Crippen LogP contribution in [0.1, 0.15) is 23.0 Å². The lowest BCUT2D eigenvalue weighted by atomic mass is 10.0. The molecule has 9 heteroatoms. The van der Waals surface area contributed by atoms with Crippen LogP contribution in [0.5, 0.6) is 0 Å². The molecule has 27 heavy (non-hydrogen) atoms. The van der Waals surface area contributed by atoms with E-state index in [1.807, 2.05) is 6.92 Å². The Morgan fingerprint density at radius 3 is 2.56 bits per heavy atom. The van der Waals surface area contributed by atoms with Crippen molar-refractivity contribution in [3.05, 3.63) is 74.0 Å². The van der Waals surface area contributed by atoms with Gasteiger partial charge in [0.1, 0.15) is 5.56 Å². The van der Waals surface area contributed by atoms with E-state index in [4.69, 9.17) is 23.2 Å². The number of benzene rings is 1. The molecule has 2 heterocycles. The highest BCUT2D eigenvalue weighted by Crippen LogP contribution is 2.30. The average molecular weight is 410 g/mol. The van der Waals surface area contributed by atoms with E-state index in [0.29, 0.717) is 22.8 Å². The lowest BCUT2D eigenvalue weighted by Crippen LogP contribution is -2.24. The van der Waals surface area contributed by atoms with Gasteiger partial charge in [0, 0.05) is 23.9 Å². The van der Waals surface area contributed by atoms with Gasteiger partial charge in [0.25, 0.3) is 0 Å². The Bertz CT molecular complexity index is 1090.